The number of hydrogen-bond acceptors (Lipinski definition) is 8. The number of H-pyrrole nitrogens is 1. The highest BCUT2D eigenvalue weighted by atomic mass is 16.2. The first-order valence-corrected chi connectivity index (χ1v) is 17.3. The van der Waals surface area contributed by atoms with Gasteiger partial charge in [0.15, 0.2) is 0 Å². The number of likely N-dealkylation sites (tertiary alicyclic amines) is 1. The molecule has 12 heteroatoms. The van der Waals surface area contributed by atoms with Gasteiger partial charge in [-0.15, -0.1) is 0 Å². The predicted molar refractivity (Wildman–Crippen MR) is 187 cm³/mol. The van der Waals surface area contributed by atoms with Crippen LogP contribution in [0.25, 0.3) is 10.9 Å². The number of hydrogen-bond donors (Lipinski definition) is 3. The number of piperidine rings is 1. The SMILES string of the molecule is CN1CCC[C@@H]1c1cc2cnc(NC(=O)c3ccc(N4CC[C@@H](CC#Cc5cccc6c5CN(C5CCC(=O)NC5=O)C6=O)C4)nc3)cc2[nH]1. The van der Waals surface area contributed by atoms with Crippen LogP contribution in [-0.2, 0) is 16.1 Å². The molecule has 254 valence electrons. The molecule has 4 aromatic rings. The maximum Gasteiger partial charge on any atom is 0.258 e. The van der Waals surface area contributed by atoms with Gasteiger partial charge in [0.2, 0.25) is 11.8 Å². The number of rotatable bonds is 6. The molecule has 3 N–H and O–H groups in total. The van der Waals surface area contributed by atoms with Gasteiger partial charge in [0.25, 0.3) is 11.8 Å². The number of imide groups is 1. The molecule has 0 radical (unpaired) electrons. The highest BCUT2D eigenvalue weighted by Gasteiger charge is 2.39. The molecule has 4 aliphatic rings. The fourth-order valence-corrected chi connectivity index (χ4v) is 7.70. The number of fused-ring (bicyclic) bond motifs is 2. The maximum atomic E-state index is 13.1. The predicted octanol–water partition coefficient (Wildman–Crippen LogP) is 4.01. The highest BCUT2D eigenvalue weighted by molar-refractivity contribution is 6.06. The molecular weight excluding hydrogens is 632 g/mol. The van der Waals surface area contributed by atoms with E-state index in [-0.39, 0.29) is 24.1 Å². The van der Waals surface area contributed by atoms with E-state index in [0.29, 0.717) is 48.3 Å². The lowest BCUT2D eigenvalue weighted by atomic mass is 10.0. The Hall–Kier alpha value is -5.54. The molecule has 1 aromatic carbocycles. The van der Waals surface area contributed by atoms with Crippen LogP contribution in [0, 0.1) is 17.8 Å². The van der Waals surface area contributed by atoms with E-state index in [1.807, 2.05) is 24.3 Å². The second-order valence-corrected chi connectivity index (χ2v) is 13.7. The summed E-state index contributed by atoms with van der Waals surface area (Å²) in [5.74, 6) is 7.10. The van der Waals surface area contributed by atoms with Crippen LogP contribution in [0.3, 0.4) is 0 Å². The zero-order valence-corrected chi connectivity index (χ0v) is 27.9. The van der Waals surface area contributed by atoms with E-state index in [2.05, 4.69) is 60.3 Å². The molecule has 4 amide bonds. The molecule has 12 nitrogen and oxygen atoms in total. The van der Waals surface area contributed by atoms with Gasteiger partial charge in [-0.2, -0.15) is 0 Å². The van der Waals surface area contributed by atoms with E-state index in [4.69, 9.17) is 0 Å². The van der Waals surface area contributed by atoms with E-state index in [9.17, 15) is 19.2 Å². The van der Waals surface area contributed by atoms with Gasteiger partial charge in [0.1, 0.15) is 17.7 Å². The van der Waals surface area contributed by atoms with Gasteiger partial charge < -0.3 is 20.1 Å². The molecule has 4 aliphatic heterocycles. The van der Waals surface area contributed by atoms with Crippen LogP contribution in [0.15, 0.2) is 54.9 Å². The summed E-state index contributed by atoms with van der Waals surface area (Å²) < 4.78 is 0. The van der Waals surface area contributed by atoms with Crippen LogP contribution < -0.4 is 15.5 Å². The minimum absolute atomic E-state index is 0.198. The van der Waals surface area contributed by atoms with Gasteiger partial charge in [0, 0.05) is 79.2 Å². The Morgan fingerprint density at radius 1 is 1.02 bits per heavy atom. The molecule has 8 rings (SSSR count). The van der Waals surface area contributed by atoms with Crippen molar-refractivity contribution in [3.05, 3.63) is 82.8 Å². The van der Waals surface area contributed by atoms with E-state index >= 15 is 0 Å². The number of nitrogens with one attached hydrogen (secondary N) is 3. The first-order valence-electron chi connectivity index (χ1n) is 17.3. The van der Waals surface area contributed by atoms with Gasteiger partial charge in [0.05, 0.1) is 11.1 Å². The normalized spacial score (nSPS) is 22.1. The third-order valence-electron chi connectivity index (χ3n) is 10.5. The Labute approximate surface area is 289 Å². The molecule has 1 unspecified atom stereocenters. The molecule has 7 heterocycles. The number of aromatic nitrogens is 3. The average molecular weight is 671 g/mol. The standard InChI is InChI=1S/C38H38N8O4/c1-44-15-4-9-31(44)30-17-26-20-39-33(18-29(26)41-30)42-36(48)25-10-12-34(40-19-25)45-16-14-23(21-45)5-2-6-24-7-3-8-27-28(24)22-46(38(27)50)32-11-13-35(47)43-37(32)49/h3,7-8,10,12,17-20,23,31-32,41H,4-5,9,11,13-16,21-22H2,1H3,(H,39,42,48)(H,43,47,49)/t23-,31-,32?/m1/s1. The number of carbonyl (C=O) groups excluding carboxylic acids is 4. The van der Waals surface area contributed by atoms with Crippen LogP contribution in [0.5, 0.6) is 0 Å². The van der Waals surface area contributed by atoms with Gasteiger partial charge >= 0.3 is 0 Å². The summed E-state index contributed by atoms with van der Waals surface area (Å²) in [7, 11) is 2.15. The number of nitrogens with zero attached hydrogens (tertiary/aromatic N) is 5. The number of benzene rings is 1. The second-order valence-electron chi connectivity index (χ2n) is 13.7. The number of amides is 4. The summed E-state index contributed by atoms with van der Waals surface area (Å²) in [5, 5.41) is 6.28. The molecular formula is C38H38N8O4. The Bertz CT molecular complexity index is 2080. The average Bonchev–Trinajstić information content (AvgIpc) is 3.92. The Kier molecular flexibility index (Phi) is 8.28. The van der Waals surface area contributed by atoms with Crippen molar-refractivity contribution >= 4 is 46.2 Å². The smallest absolute Gasteiger partial charge is 0.258 e. The largest absolute Gasteiger partial charge is 0.357 e. The zero-order chi connectivity index (χ0) is 34.4. The maximum absolute atomic E-state index is 13.1. The van der Waals surface area contributed by atoms with E-state index in [1.54, 1.807) is 29.4 Å². The molecule has 0 bridgehead atoms. The fraction of sp³-hybridized carbons (Fsp3) is 0.368. The molecule has 3 saturated heterocycles. The number of pyridine rings is 2. The van der Waals surface area contributed by atoms with Crippen LogP contribution in [0.1, 0.15) is 82.1 Å². The van der Waals surface area contributed by atoms with Crippen LogP contribution in [-0.4, -0.2) is 81.1 Å². The third kappa shape index (κ3) is 6.09. The second kappa shape index (κ2) is 13.1. The van der Waals surface area contributed by atoms with Gasteiger partial charge in [-0.25, -0.2) is 9.97 Å². The van der Waals surface area contributed by atoms with Crippen molar-refractivity contribution in [2.45, 2.75) is 57.2 Å². The van der Waals surface area contributed by atoms with Crippen LogP contribution >= 0.6 is 0 Å². The van der Waals surface area contributed by atoms with Gasteiger partial charge in [-0.1, -0.05) is 17.9 Å². The van der Waals surface area contributed by atoms with E-state index < -0.39 is 11.9 Å². The minimum atomic E-state index is -0.649. The monoisotopic (exact) mass is 670 g/mol. The lowest BCUT2D eigenvalue weighted by Gasteiger charge is -2.29. The molecule has 0 aliphatic carbocycles. The lowest BCUT2D eigenvalue weighted by molar-refractivity contribution is -0.136. The van der Waals surface area contributed by atoms with Crippen molar-refractivity contribution < 1.29 is 19.2 Å². The van der Waals surface area contributed by atoms with Crippen molar-refractivity contribution in [2.24, 2.45) is 5.92 Å². The molecule has 3 aromatic heterocycles. The topological polar surface area (TPSA) is 144 Å². The molecule has 3 fully saturated rings. The zero-order valence-electron chi connectivity index (χ0n) is 27.9. The first kappa shape index (κ1) is 31.7. The summed E-state index contributed by atoms with van der Waals surface area (Å²) in [6, 6.07) is 12.9. The Morgan fingerprint density at radius 2 is 1.92 bits per heavy atom. The van der Waals surface area contributed by atoms with Crippen molar-refractivity contribution in [1.82, 2.24) is 30.1 Å². The van der Waals surface area contributed by atoms with E-state index in [1.165, 1.54) is 12.1 Å². The molecule has 50 heavy (non-hydrogen) atoms. The lowest BCUT2D eigenvalue weighted by Crippen LogP contribution is -2.52. The van der Waals surface area contributed by atoms with Crippen molar-refractivity contribution in [3.8, 4) is 11.8 Å². The summed E-state index contributed by atoms with van der Waals surface area (Å²) in [4.78, 5) is 68.9. The summed E-state index contributed by atoms with van der Waals surface area (Å²) in [6.07, 6.45) is 7.94. The number of aromatic amines is 1. The first-order chi connectivity index (χ1) is 24.3. The number of carbonyl (C=O) groups is 4. The van der Waals surface area contributed by atoms with Crippen molar-refractivity contribution in [3.63, 3.8) is 0 Å². The van der Waals surface area contributed by atoms with Crippen LogP contribution in [0.4, 0.5) is 11.6 Å². The molecule has 0 spiro atoms. The summed E-state index contributed by atoms with van der Waals surface area (Å²) in [6.45, 7) is 3.05. The van der Waals surface area contributed by atoms with E-state index in [0.717, 1.165) is 60.3 Å². The van der Waals surface area contributed by atoms with Gasteiger partial charge in [-0.3, -0.25) is 29.4 Å². The summed E-state index contributed by atoms with van der Waals surface area (Å²) >= 11 is 0. The Balaban J connectivity index is 0.861. The summed E-state index contributed by atoms with van der Waals surface area (Å²) in [5.41, 5.74) is 4.78. The quantitative estimate of drug-likeness (QED) is 0.206. The molecule has 3 atom stereocenters. The minimum Gasteiger partial charge on any atom is -0.357 e. The third-order valence-corrected chi connectivity index (χ3v) is 10.5. The van der Waals surface area contributed by atoms with Crippen molar-refractivity contribution in [2.75, 3.05) is 36.9 Å². The highest BCUT2D eigenvalue weighted by Crippen LogP contribution is 2.33. The van der Waals surface area contributed by atoms with Crippen LogP contribution in [0.2, 0.25) is 0 Å². The van der Waals surface area contributed by atoms with Gasteiger partial charge in [-0.05, 0) is 81.1 Å². The van der Waals surface area contributed by atoms with Crippen molar-refractivity contribution in [1.29, 1.82) is 0 Å². The Morgan fingerprint density at radius 3 is 2.72 bits per heavy atom. The number of anilines is 2. The fourth-order valence-electron chi connectivity index (χ4n) is 7.70. The molecule has 0 saturated carbocycles.